The zero-order chi connectivity index (χ0) is 27.1. The average molecular weight is 543 g/mol. The number of carbonyl (C=O) groups is 1. The lowest BCUT2D eigenvalue weighted by molar-refractivity contribution is -0.137. The number of hydrogen-bond donors (Lipinski definition) is 1. The Morgan fingerprint density at radius 2 is 1.74 bits per heavy atom. The fourth-order valence-corrected chi connectivity index (χ4v) is 5.31. The molecule has 1 fully saturated rings. The highest BCUT2D eigenvalue weighted by molar-refractivity contribution is 5.68. The van der Waals surface area contributed by atoms with Crippen molar-refractivity contribution in [1.82, 2.24) is 0 Å². The van der Waals surface area contributed by atoms with Crippen LogP contribution >= 0.6 is 0 Å². The Morgan fingerprint density at radius 1 is 0.923 bits per heavy atom. The van der Waals surface area contributed by atoms with Crippen LogP contribution < -0.4 is 18.9 Å². The second kappa shape index (κ2) is 10.3. The van der Waals surface area contributed by atoms with Crippen molar-refractivity contribution in [2.45, 2.75) is 43.8 Å². The molecule has 3 aliphatic rings. The Labute approximate surface area is 222 Å². The molecule has 3 aromatic rings. The molecule has 39 heavy (non-hydrogen) atoms. The number of ether oxygens (including phenoxy) is 5. The first-order chi connectivity index (χ1) is 18.9. The Balaban J connectivity index is 1.20. The molecule has 0 spiro atoms. The Morgan fingerprint density at radius 3 is 2.54 bits per heavy atom. The fraction of sp³-hybridized carbons (Fsp3) is 0.345. The summed E-state index contributed by atoms with van der Waals surface area (Å²) in [5.41, 5.74) is 1.60. The van der Waals surface area contributed by atoms with E-state index in [-0.39, 0.29) is 42.3 Å². The van der Waals surface area contributed by atoms with Gasteiger partial charge in [-0.15, -0.1) is 0 Å². The summed E-state index contributed by atoms with van der Waals surface area (Å²) in [5.74, 6) is -2.58. The molecule has 0 saturated carbocycles. The van der Waals surface area contributed by atoms with Crippen LogP contribution in [0.15, 0.2) is 42.5 Å². The van der Waals surface area contributed by atoms with Crippen LogP contribution in [0.4, 0.5) is 13.2 Å². The molecule has 2 heterocycles. The van der Waals surface area contributed by atoms with Gasteiger partial charge in [0.15, 0.2) is 23.1 Å². The molecule has 204 valence electrons. The van der Waals surface area contributed by atoms with Crippen molar-refractivity contribution in [3.63, 3.8) is 0 Å². The summed E-state index contributed by atoms with van der Waals surface area (Å²) in [4.78, 5) is 11.1. The molecule has 7 nitrogen and oxygen atoms in total. The second-order valence-electron chi connectivity index (χ2n) is 9.81. The van der Waals surface area contributed by atoms with Crippen molar-refractivity contribution in [3.05, 3.63) is 76.6 Å². The average Bonchev–Trinajstić information content (AvgIpc) is 3.65. The molecular weight excluding hydrogens is 517 g/mol. The largest absolute Gasteiger partial charge is 0.492 e. The van der Waals surface area contributed by atoms with Gasteiger partial charge >= 0.3 is 5.97 Å². The van der Waals surface area contributed by atoms with Crippen LogP contribution in [-0.2, 0) is 16.0 Å². The first-order valence-corrected chi connectivity index (χ1v) is 12.7. The van der Waals surface area contributed by atoms with E-state index < -0.39 is 29.5 Å². The SMILES string of the molecule is O=C(O)C[C@@H]1COc2cc(O[C@@H]3CCc4c(Oc5cc(F)c(OC6CCOC6)cc5F)ccc(F)c43)ccc21. The zero-order valence-corrected chi connectivity index (χ0v) is 20.8. The fourth-order valence-electron chi connectivity index (χ4n) is 5.31. The van der Waals surface area contributed by atoms with Gasteiger partial charge in [-0.25, -0.2) is 13.2 Å². The van der Waals surface area contributed by atoms with Crippen molar-refractivity contribution < 1.29 is 46.8 Å². The third-order valence-electron chi connectivity index (χ3n) is 7.19. The molecule has 1 N–H and O–H groups in total. The molecule has 10 heteroatoms. The number of benzene rings is 3. The molecule has 0 radical (unpaired) electrons. The van der Waals surface area contributed by atoms with E-state index in [2.05, 4.69) is 0 Å². The summed E-state index contributed by atoms with van der Waals surface area (Å²) < 4.78 is 72.7. The van der Waals surface area contributed by atoms with E-state index in [9.17, 15) is 18.0 Å². The maximum Gasteiger partial charge on any atom is 0.304 e. The standard InChI is InChI=1S/C29H25F3O7/c30-20-4-6-23(39-27-12-21(31)26(11-22(27)32)38-17-7-8-35-14-17)19-3-5-24(29(19)20)37-16-1-2-18-15(9-28(33)34)13-36-25(18)10-16/h1-2,4,6,10-12,15,17,24H,3,5,7-9,13-14H2,(H,33,34)/t15-,17?,24-/m1/s1. The molecule has 1 saturated heterocycles. The minimum absolute atomic E-state index is 0.0348. The number of halogens is 3. The van der Waals surface area contributed by atoms with Crippen LogP contribution in [0.5, 0.6) is 28.7 Å². The number of rotatable bonds is 8. The number of carboxylic acids is 1. The smallest absolute Gasteiger partial charge is 0.304 e. The van der Waals surface area contributed by atoms with Gasteiger partial charge in [0, 0.05) is 47.2 Å². The maximum atomic E-state index is 15.0. The van der Waals surface area contributed by atoms with Gasteiger partial charge in [0.05, 0.1) is 26.2 Å². The van der Waals surface area contributed by atoms with Crippen molar-refractivity contribution in [2.24, 2.45) is 0 Å². The maximum absolute atomic E-state index is 15.0. The highest BCUT2D eigenvalue weighted by Gasteiger charge is 2.32. The van der Waals surface area contributed by atoms with E-state index in [0.717, 1.165) is 17.7 Å². The van der Waals surface area contributed by atoms with Gasteiger partial charge in [-0.3, -0.25) is 4.79 Å². The number of carboxylic acid groups (broad SMARTS) is 1. The summed E-state index contributed by atoms with van der Waals surface area (Å²) in [6, 6.07) is 9.60. The molecule has 6 rings (SSSR count). The van der Waals surface area contributed by atoms with E-state index in [0.29, 0.717) is 55.1 Å². The third-order valence-corrected chi connectivity index (χ3v) is 7.19. The van der Waals surface area contributed by atoms with E-state index in [1.54, 1.807) is 18.2 Å². The first kappa shape index (κ1) is 25.4. The molecule has 2 aliphatic heterocycles. The number of hydrogen-bond acceptors (Lipinski definition) is 6. The first-order valence-electron chi connectivity index (χ1n) is 12.7. The quantitative estimate of drug-likeness (QED) is 0.369. The van der Waals surface area contributed by atoms with Crippen LogP contribution in [0.3, 0.4) is 0 Å². The lowest BCUT2D eigenvalue weighted by Crippen LogP contribution is -2.16. The van der Waals surface area contributed by atoms with E-state index >= 15 is 0 Å². The molecule has 0 aromatic heterocycles. The molecule has 3 aromatic carbocycles. The highest BCUT2D eigenvalue weighted by Crippen LogP contribution is 2.45. The van der Waals surface area contributed by atoms with Gasteiger partial charge in [-0.05, 0) is 31.0 Å². The minimum Gasteiger partial charge on any atom is -0.492 e. The van der Waals surface area contributed by atoms with Gasteiger partial charge in [-0.1, -0.05) is 6.07 Å². The van der Waals surface area contributed by atoms with Crippen LogP contribution in [0.2, 0.25) is 0 Å². The van der Waals surface area contributed by atoms with Gasteiger partial charge in [-0.2, -0.15) is 0 Å². The summed E-state index contributed by atoms with van der Waals surface area (Å²) >= 11 is 0. The third kappa shape index (κ3) is 5.08. The Kier molecular flexibility index (Phi) is 6.72. The van der Waals surface area contributed by atoms with Gasteiger partial charge in [0.2, 0.25) is 0 Å². The predicted octanol–water partition coefficient (Wildman–Crippen LogP) is 6.08. The van der Waals surface area contributed by atoms with Crippen LogP contribution in [0, 0.1) is 17.5 Å². The van der Waals surface area contributed by atoms with Crippen molar-refractivity contribution in [2.75, 3.05) is 19.8 Å². The molecule has 1 aliphatic carbocycles. The predicted molar refractivity (Wildman–Crippen MR) is 131 cm³/mol. The Hall–Kier alpha value is -3.92. The Bertz CT molecular complexity index is 1420. The summed E-state index contributed by atoms with van der Waals surface area (Å²) in [6.45, 7) is 1.09. The zero-order valence-electron chi connectivity index (χ0n) is 20.8. The number of aliphatic carboxylic acids is 1. The number of fused-ring (bicyclic) bond motifs is 2. The van der Waals surface area contributed by atoms with Crippen LogP contribution in [-0.4, -0.2) is 37.0 Å². The van der Waals surface area contributed by atoms with Crippen LogP contribution in [0.1, 0.15) is 48.0 Å². The normalized spacial score (nSPS) is 21.3. The van der Waals surface area contributed by atoms with Crippen molar-refractivity contribution in [3.8, 4) is 28.7 Å². The van der Waals surface area contributed by atoms with Crippen LogP contribution in [0.25, 0.3) is 0 Å². The van der Waals surface area contributed by atoms with Gasteiger partial charge < -0.3 is 28.8 Å². The molecule has 3 atom stereocenters. The van der Waals surface area contributed by atoms with Crippen molar-refractivity contribution in [1.29, 1.82) is 0 Å². The van der Waals surface area contributed by atoms with Gasteiger partial charge in [0.25, 0.3) is 0 Å². The summed E-state index contributed by atoms with van der Waals surface area (Å²) in [6.07, 6.45) is 0.428. The lowest BCUT2D eigenvalue weighted by Gasteiger charge is -2.18. The molecule has 1 unspecified atom stereocenters. The highest BCUT2D eigenvalue weighted by atomic mass is 19.1. The summed E-state index contributed by atoms with van der Waals surface area (Å²) in [7, 11) is 0. The van der Waals surface area contributed by atoms with E-state index in [4.69, 9.17) is 28.8 Å². The lowest BCUT2D eigenvalue weighted by atomic mass is 9.98. The monoisotopic (exact) mass is 542 g/mol. The minimum atomic E-state index is -0.904. The molecule has 0 bridgehead atoms. The van der Waals surface area contributed by atoms with E-state index in [1.165, 1.54) is 12.1 Å². The molecular formula is C29H25F3O7. The van der Waals surface area contributed by atoms with Gasteiger partial charge in [0.1, 0.15) is 35.3 Å². The van der Waals surface area contributed by atoms with E-state index in [1.807, 2.05) is 0 Å². The second-order valence-corrected chi connectivity index (χ2v) is 9.81. The summed E-state index contributed by atoms with van der Waals surface area (Å²) in [5, 5.41) is 9.10. The van der Waals surface area contributed by atoms with Crippen molar-refractivity contribution >= 4 is 5.97 Å². The topological polar surface area (TPSA) is 83.5 Å². The molecule has 0 amide bonds.